The Balaban J connectivity index is 0.00000128. The van der Waals surface area contributed by atoms with Gasteiger partial charge < -0.3 is 5.73 Å². The Labute approximate surface area is 113 Å². The second-order valence-corrected chi connectivity index (χ2v) is 3.43. The monoisotopic (exact) mass is 410 g/mol. The van der Waals surface area contributed by atoms with Crippen LogP contribution < -0.4 is 5.73 Å². The molecule has 3 nitrogen and oxygen atoms in total. The number of aromatic nitrogens is 2. The van der Waals surface area contributed by atoms with Crippen molar-refractivity contribution in [1.29, 1.82) is 0 Å². The maximum absolute atomic E-state index is 5.51. The molecule has 2 heterocycles. The fraction of sp³-hybridized carbons (Fsp3) is 0. The van der Waals surface area contributed by atoms with E-state index in [4.69, 9.17) is 18.0 Å². The largest absolute Gasteiger partial charge is 2.00 e. The summed E-state index contributed by atoms with van der Waals surface area (Å²) >= 11 is 4.87. The molecule has 0 spiro atoms. The van der Waals surface area contributed by atoms with Gasteiger partial charge in [0.25, 0.3) is 0 Å². The fourth-order valence-electron chi connectivity index (χ4n) is 1.23. The molecular formula is C11H9N3PtS+2. The van der Waals surface area contributed by atoms with E-state index in [2.05, 4.69) is 9.97 Å². The number of hydrogen-bond acceptors (Lipinski definition) is 3. The molecule has 0 amide bonds. The van der Waals surface area contributed by atoms with Crippen molar-refractivity contribution in [2.75, 3.05) is 0 Å². The first-order valence-corrected chi connectivity index (χ1v) is 4.86. The van der Waals surface area contributed by atoms with Crippen LogP contribution in [0.3, 0.4) is 0 Å². The predicted molar refractivity (Wildman–Crippen MR) is 63.4 cm³/mol. The SMILES string of the molecule is NC(=S)c1cccc(-c2ccccn2)n1.[Pt+2]. The average Bonchev–Trinajstić information content (AvgIpc) is 2.30. The Morgan fingerprint density at radius 3 is 2.44 bits per heavy atom. The molecule has 2 rings (SSSR count). The molecule has 0 radical (unpaired) electrons. The van der Waals surface area contributed by atoms with Gasteiger partial charge in [0.15, 0.2) is 0 Å². The van der Waals surface area contributed by atoms with Crippen molar-refractivity contribution < 1.29 is 21.1 Å². The molecule has 0 aliphatic rings. The summed E-state index contributed by atoms with van der Waals surface area (Å²) in [5.74, 6) is 0. The molecule has 0 atom stereocenters. The van der Waals surface area contributed by atoms with Crippen LogP contribution in [-0.4, -0.2) is 15.0 Å². The minimum absolute atomic E-state index is 0. The standard InChI is InChI=1S/C11H9N3S.Pt/c12-11(15)10-6-3-5-9(14-10)8-4-1-2-7-13-8;/h1-7H,(H2,12,15);/q;+2. The summed E-state index contributed by atoms with van der Waals surface area (Å²) in [7, 11) is 0. The molecule has 16 heavy (non-hydrogen) atoms. The van der Waals surface area contributed by atoms with Crippen LogP contribution >= 0.6 is 12.2 Å². The Hall–Kier alpha value is -1.12. The number of rotatable bonds is 2. The number of nitrogens with two attached hydrogens (primary N) is 1. The summed E-state index contributed by atoms with van der Waals surface area (Å²) in [4.78, 5) is 8.82. The average molecular weight is 410 g/mol. The number of thiocarbonyl (C=S) groups is 1. The van der Waals surface area contributed by atoms with Crippen molar-refractivity contribution >= 4 is 17.2 Å². The van der Waals surface area contributed by atoms with Crippen molar-refractivity contribution in [1.82, 2.24) is 9.97 Å². The molecule has 0 bridgehead atoms. The molecule has 2 aromatic rings. The van der Waals surface area contributed by atoms with Crippen LogP contribution in [0.1, 0.15) is 5.69 Å². The topological polar surface area (TPSA) is 51.8 Å². The van der Waals surface area contributed by atoms with Gasteiger partial charge in [-0.05, 0) is 24.3 Å². The van der Waals surface area contributed by atoms with Crippen LogP contribution in [0.2, 0.25) is 0 Å². The van der Waals surface area contributed by atoms with Gasteiger partial charge in [0, 0.05) is 6.20 Å². The maximum atomic E-state index is 5.51. The summed E-state index contributed by atoms with van der Waals surface area (Å²) in [6.45, 7) is 0. The Morgan fingerprint density at radius 2 is 1.81 bits per heavy atom. The van der Waals surface area contributed by atoms with E-state index < -0.39 is 0 Å². The zero-order valence-electron chi connectivity index (χ0n) is 8.24. The minimum Gasteiger partial charge on any atom is -0.388 e. The zero-order valence-corrected chi connectivity index (χ0v) is 11.3. The van der Waals surface area contributed by atoms with Gasteiger partial charge in [-0.25, -0.2) is 4.98 Å². The first-order chi connectivity index (χ1) is 7.27. The Bertz CT molecular complexity index is 488. The third-order valence-corrected chi connectivity index (χ3v) is 2.14. The van der Waals surface area contributed by atoms with Crippen molar-refractivity contribution in [2.24, 2.45) is 5.73 Å². The molecule has 2 N–H and O–H groups in total. The molecule has 0 saturated carbocycles. The molecule has 0 aromatic carbocycles. The smallest absolute Gasteiger partial charge is 0.388 e. The Kier molecular flexibility index (Phi) is 4.71. The first-order valence-electron chi connectivity index (χ1n) is 4.45. The molecule has 82 valence electrons. The second-order valence-electron chi connectivity index (χ2n) is 2.99. The third kappa shape index (κ3) is 2.94. The quantitative estimate of drug-likeness (QED) is 0.767. The maximum Gasteiger partial charge on any atom is 2.00 e. The van der Waals surface area contributed by atoms with E-state index in [1.807, 2.05) is 30.3 Å². The van der Waals surface area contributed by atoms with E-state index in [0.29, 0.717) is 10.7 Å². The number of hydrogen-bond donors (Lipinski definition) is 1. The molecule has 5 heteroatoms. The number of nitrogens with zero attached hydrogens (tertiary/aromatic N) is 2. The third-order valence-electron chi connectivity index (χ3n) is 1.93. The van der Waals surface area contributed by atoms with Gasteiger partial charge in [-0.2, -0.15) is 0 Å². The van der Waals surface area contributed by atoms with E-state index in [0.717, 1.165) is 11.4 Å². The van der Waals surface area contributed by atoms with Crippen LogP contribution in [-0.2, 0) is 21.1 Å². The fourth-order valence-corrected chi connectivity index (χ4v) is 1.34. The van der Waals surface area contributed by atoms with Crippen LogP contribution in [0.4, 0.5) is 0 Å². The van der Waals surface area contributed by atoms with E-state index >= 15 is 0 Å². The summed E-state index contributed by atoms with van der Waals surface area (Å²) < 4.78 is 0. The van der Waals surface area contributed by atoms with Crippen molar-refractivity contribution in [3.8, 4) is 11.4 Å². The van der Waals surface area contributed by atoms with Gasteiger partial charge in [0.1, 0.15) is 4.99 Å². The molecule has 0 unspecified atom stereocenters. The van der Waals surface area contributed by atoms with Crippen LogP contribution in [0.5, 0.6) is 0 Å². The number of pyridine rings is 2. The van der Waals surface area contributed by atoms with E-state index in [1.54, 1.807) is 12.3 Å². The van der Waals surface area contributed by atoms with Gasteiger partial charge in [0.2, 0.25) is 0 Å². The van der Waals surface area contributed by atoms with E-state index in [1.165, 1.54) is 0 Å². The van der Waals surface area contributed by atoms with Gasteiger partial charge in [-0.3, -0.25) is 4.98 Å². The normalized spacial score (nSPS) is 9.25. The van der Waals surface area contributed by atoms with Gasteiger partial charge in [0.05, 0.1) is 17.1 Å². The van der Waals surface area contributed by atoms with Crippen LogP contribution in [0.15, 0.2) is 42.6 Å². The molecule has 0 saturated heterocycles. The van der Waals surface area contributed by atoms with E-state index in [-0.39, 0.29) is 21.1 Å². The molecule has 2 aromatic heterocycles. The molecule has 0 aliphatic heterocycles. The van der Waals surface area contributed by atoms with Crippen LogP contribution in [0.25, 0.3) is 11.4 Å². The van der Waals surface area contributed by atoms with Gasteiger partial charge >= 0.3 is 21.1 Å². The first kappa shape index (κ1) is 12.9. The Morgan fingerprint density at radius 1 is 1.06 bits per heavy atom. The van der Waals surface area contributed by atoms with Crippen molar-refractivity contribution in [3.05, 3.63) is 48.3 Å². The molecule has 0 aliphatic carbocycles. The molecular weight excluding hydrogens is 401 g/mol. The van der Waals surface area contributed by atoms with Crippen LogP contribution in [0, 0.1) is 0 Å². The van der Waals surface area contributed by atoms with Crippen molar-refractivity contribution in [2.45, 2.75) is 0 Å². The predicted octanol–water partition coefficient (Wildman–Crippen LogP) is 1.78. The van der Waals surface area contributed by atoms with Gasteiger partial charge in [-0.15, -0.1) is 0 Å². The summed E-state index contributed by atoms with van der Waals surface area (Å²) in [6.07, 6.45) is 1.73. The summed E-state index contributed by atoms with van der Waals surface area (Å²) in [6, 6.07) is 11.2. The zero-order chi connectivity index (χ0) is 10.7. The van der Waals surface area contributed by atoms with E-state index in [9.17, 15) is 0 Å². The van der Waals surface area contributed by atoms with Crippen molar-refractivity contribution in [3.63, 3.8) is 0 Å². The molecule has 0 fully saturated rings. The minimum atomic E-state index is 0. The second kappa shape index (κ2) is 5.82. The summed E-state index contributed by atoms with van der Waals surface area (Å²) in [5.41, 5.74) is 7.72. The summed E-state index contributed by atoms with van der Waals surface area (Å²) in [5, 5.41) is 0. The van der Waals surface area contributed by atoms with Gasteiger partial charge in [-0.1, -0.05) is 24.4 Å².